The summed E-state index contributed by atoms with van der Waals surface area (Å²) in [5, 5.41) is 9.55. The van der Waals surface area contributed by atoms with Crippen LogP contribution < -0.4 is 11.1 Å². The van der Waals surface area contributed by atoms with Gasteiger partial charge in [0.15, 0.2) is 5.82 Å². The van der Waals surface area contributed by atoms with E-state index in [9.17, 15) is 14.4 Å². The average molecular weight is 493 g/mol. The summed E-state index contributed by atoms with van der Waals surface area (Å²) in [5.74, 6) is -2.24. The van der Waals surface area contributed by atoms with E-state index in [1.807, 2.05) is 53.1 Å². The summed E-state index contributed by atoms with van der Waals surface area (Å²) in [6.45, 7) is 0.544. The Morgan fingerprint density at radius 3 is 2.30 bits per heavy atom. The van der Waals surface area contributed by atoms with Crippen molar-refractivity contribution in [3.63, 3.8) is 0 Å². The number of carbonyl (C=O) groups excluding carboxylic acids is 3. The fourth-order valence-electron chi connectivity index (χ4n) is 4.21. The normalized spacial score (nSPS) is 11.8. The van der Waals surface area contributed by atoms with Crippen LogP contribution in [0.1, 0.15) is 21.6 Å². The van der Waals surface area contributed by atoms with Gasteiger partial charge in [0.2, 0.25) is 5.78 Å². The zero-order valence-corrected chi connectivity index (χ0v) is 19.8. The Morgan fingerprint density at radius 2 is 1.59 bits per heavy atom. The number of rotatable bonds is 9. The highest BCUT2D eigenvalue weighted by atomic mass is 16.2. The molecule has 9 heteroatoms. The molecule has 0 aliphatic rings. The van der Waals surface area contributed by atoms with Crippen molar-refractivity contribution in [3.05, 3.63) is 114 Å². The van der Waals surface area contributed by atoms with E-state index in [0.29, 0.717) is 12.4 Å². The maximum Gasteiger partial charge on any atom is 0.287 e. The lowest BCUT2D eigenvalue weighted by Gasteiger charge is -2.17. The van der Waals surface area contributed by atoms with Crippen LogP contribution in [0.3, 0.4) is 0 Å². The molecule has 1 unspecified atom stereocenters. The number of hydrogen-bond donors (Lipinski definition) is 2. The molecule has 5 rings (SSSR count). The van der Waals surface area contributed by atoms with Crippen LogP contribution in [0.4, 0.5) is 0 Å². The minimum atomic E-state index is -1.11. The second kappa shape index (κ2) is 10.3. The Balaban J connectivity index is 1.37. The number of hydrogen-bond acceptors (Lipinski definition) is 5. The largest absolute Gasteiger partial charge is 0.363 e. The first-order valence-electron chi connectivity index (χ1n) is 11.7. The summed E-state index contributed by atoms with van der Waals surface area (Å²) in [7, 11) is 0. The molecule has 0 saturated carbocycles. The lowest BCUT2D eigenvalue weighted by molar-refractivity contribution is -0.137. The average Bonchev–Trinajstić information content (AvgIpc) is 3.55. The molecule has 9 nitrogen and oxygen atoms in total. The van der Waals surface area contributed by atoms with Crippen molar-refractivity contribution in [2.24, 2.45) is 5.73 Å². The van der Waals surface area contributed by atoms with Crippen molar-refractivity contribution >= 4 is 28.4 Å². The van der Waals surface area contributed by atoms with Crippen LogP contribution >= 0.6 is 0 Å². The van der Waals surface area contributed by atoms with Gasteiger partial charge in [0, 0.05) is 31.2 Å². The number of fused-ring (bicyclic) bond motifs is 1. The molecule has 0 bridgehead atoms. The standard InChI is InChI=1S/C28H24N6O3/c29-26(36)25(35)24(15-19-7-2-1-3-8-19)31-28(37)23-11-6-13-30-27(23)34-14-12-22(32-34)18-33-16-20-9-4-5-10-21(20)17-33/h1-14,16-17,24H,15,18H2,(H2,29,36)(H,31,37). The molecule has 0 aliphatic carbocycles. The number of Topliss-reactive ketones (excluding diaryl/α,β-unsaturated/α-hetero) is 1. The number of pyridine rings is 1. The number of nitrogens with two attached hydrogens (primary N) is 1. The molecule has 3 heterocycles. The third-order valence-corrected chi connectivity index (χ3v) is 5.99. The van der Waals surface area contributed by atoms with Gasteiger partial charge in [-0.25, -0.2) is 9.67 Å². The second-order valence-corrected chi connectivity index (χ2v) is 8.63. The summed E-state index contributed by atoms with van der Waals surface area (Å²) in [5.41, 5.74) is 7.02. The summed E-state index contributed by atoms with van der Waals surface area (Å²) in [6, 6.07) is 21.1. The van der Waals surface area contributed by atoms with Crippen molar-refractivity contribution in [2.75, 3.05) is 0 Å². The molecule has 184 valence electrons. The number of amides is 2. The van der Waals surface area contributed by atoms with E-state index >= 15 is 0 Å². The third kappa shape index (κ3) is 5.30. The van der Waals surface area contributed by atoms with Crippen LogP contribution in [-0.4, -0.2) is 43.0 Å². The first-order valence-corrected chi connectivity index (χ1v) is 11.7. The molecular formula is C28H24N6O3. The second-order valence-electron chi connectivity index (χ2n) is 8.63. The maximum absolute atomic E-state index is 13.3. The summed E-state index contributed by atoms with van der Waals surface area (Å²) in [4.78, 5) is 41.7. The topological polar surface area (TPSA) is 125 Å². The number of nitrogens with zero attached hydrogens (tertiary/aromatic N) is 4. The molecule has 0 radical (unpaired) electrons. The number of aromatic nitrogens is 4. The molecule has 0 saturated heterocycles. The smallest absolute Gasteiger partial charge is 0.287 e. The van der Waals surface area contributed by atoms with E-state index in [0.717, 1.165) is 22.0 Å². The predicted octanol–water partition coefficient (Wildman–Crippen LogP) is 2.67. The van der Waals surface area contributed by atoms with Crippen LogP contribution in [0.25, 0.3) is 16.6 Å². The summed E-state index contributed by atoms with van der Waals surface area (Å²) < 4.78 is 3.57. The molecule has 2 aromatic carbocycles. The highest BCUT2D eigenvalue weighted by Gasteiger charge is 2.27. The Hall–Kier alpha value is -5.05. The van der Waals surface area contributed by atoms with Gasteiger partial charge >= 0.3 is 0 Å². The van der Waals surface area contributed by atoms with Crippen LogP contribution in [0, 0.1) is 0 Å². The number of nitrogens with one attached hydrogen (secondary N) is 1. The van der Waals surface area contributed by atoms with Gasteiger partial charge in [-0.1, -0.05) is 54.6 Å². The number of ketones is 1. The van der Waals surface area contributed by atoms with Gasteiger partial charge in [0.1, 0.15) is 6.04 Å². The number of carbonyl (C=O) groups is 3. The Labute approximate surface area is 212 Å². The first-order chi connectivity index (χ1) is 18.0. The van der Waals surface area contributed by atoms with Crippen molar-refractivity contribution in [3.8, 4) is 5.82 Å². The quantitative estimate of drug-likeness (QED) is 0.306. The van der Waals surface area contributed by atoms with Crippen LogP contribution in [0.2, 0.25) is 0 Å². The Kier molecular flexibility index (Phi) is 6.58. The molecule has 1 atom stereocenters. The van der Waals surface area contributed by atoms with Gasteiger partial charge in [-0.2, -0.15) is 5.10 Å². The molecule has 5 aromatic rings. The predicted molar refractivity (Wildman–Crippen MR) is 138 cm³/mol. The number of primary amides is 1. The molecular weight excluding hydrogens is 468 g/mol. The van der Waals surface area contributed by atoms with E-state index in [-0.39, 0.29) is 12.0 Å². The monoisotopic (exact) mass is 492 g/mol. The highest BCUT2D eigenvalue weighted by molar-refractivity contribution is 6.38. The van der Waals surface area contributed by atoms with E-state index in [4.69, 9.17) is 5.73 Å². The lowest BCUT2D eigenvalue weighted by Crippen LogP contribution is -2.47. The van der Waals surface area contributed by atoms with E-state index in [2.05, 4.69) is 39.9 Å². The highest BCUT2D eigenvalue weighted by Crippen LogP contribution is 2.17. The minimum absolute atomic E-state index is 0.126. The number of benzene rings is 2. The van der Waals surface area contributed by atoms with Crippen LogP contribution in [0.15, 0.2) is 97.6 Å². The Morgan fingerprint density at radius 1 is 0.892 bits per heavy atom. The lowest BCUT2D eigenvalue weighted by atomic mass is 10.0. The minimum Gasteiger partial charge on any atom is -0.363 e. The zero-order valence-electron chi connectivity index (χ0n) is 19.8. The molecule has 3 N–H and O–H groups in total. The van der Waals surface area contributed by atoms with Crippen molar-refractivity contribution in [2.45, 2.75) is 19.0 Å². The van der Waals surface area contributed by atoms with Crippen LogP contribution in [0.5, 0.6) is 0 Å². The molecule has 3 aromatic heterocycles. The van der Waals surface area contributed by atoms with Gasteiger partial charge < -0.3 is 15.6 Å². The van der Waals surface area contributed by atoms with Gasteiger partial charge in [-0.15, -0.1) is 0 Å². The molecule has 2 amide bonds. The first kappa shape index (κ1) is 23.7. The van der Waals surface area contributed by atoms with E-state index < -0.39 is 23.6 Å². The Bertz CT molecular complexity index is 1550. The van der Waals surface area contributed by atoms with E-state index in [1.165, 1.54) is 4.68 Å². The fraction of sp³-hybridized carbons (Fsp3) is 0.107. The molecule has 37 heavy (non-hydrogen) atoms. The van der Waals surface area contributed by atoms with Crippen molar-refractivity contribution in [1.82, 2.24) is 24.6 Å². The SMILES string of the molecule is NC(=O)C(=O)C(Cc1ccccc1)NC(=O)c1cccnc1-n1ccc(Cn2cc3ccccc3c2)n1. The van der Waals surface area contributed by atoms with E-state index in [1.54, 1.807) is 24.5 Å². The maximum atomic E-state index is 13.3. The van der Waals surface area contributed by atoms with Gasteiger partial charge in [-0.3, -0.25) is 14.4 Å². The third-order valence-electron chi connectivity index (χ3n) is 5.99. The molecule has 0 spiro atoms. The van der Waals surface area contributed by atoms with Gasteiger partial charge in [0.25, 0.3) is 11.8 Å². The van der Waals surface area contributed by atoms with Crippen molar-refractivity contribution < 1.29 is 14.4 Å². The summed E-state index contributed by atoms with van der Waals surface area (Å²) in [6.07, 6.45) is 7.52. The van der Waals surface area contributed by atoms with Gasteiger partial charge in [0.05, 0.1) is 17.8 Å². The van der Waals surface area contributed by atoms with Crippen molar-refractivity contribution in [1.29, 1.82) is 0 Å². The summed E-state index contributed by atoms with van der Waals surface area (Å²) >= 11 is 0. The fourth-order valence-corrected chi connectivity index (χ4v) is 4.21. The van der Waals surface area contributed by atoms with Crippen LogP contribution in [-0.2, 0) is 22.6 Å². The van der Waals surface area contributed by atoms with Gasteiger partial charge in [-0.05, 0) is 34.5 Å². The molecule has 0 aliphatic heterocycles. The zero-order chi connectivity index (χ0) is 25.8. The molecule has 0 fully saturated rings.